The van der Waals surface area contributed by atoms with Crippen molar-refractivity contribution in [3.8, 4) is 0 Å². The molecule has 3 aliphatic rings. The maximum atomic E-state index is 10.2. The number of rotatable bonds is 7. The summed E-state index contributed by atoms with van der Waals surface area (Å²) < 4.78 is 0. The highest BCUT2D eigenvalue weighted by molar-refractivity contribution is 5.20. The van der Waals surface area contributed by atoms with Gasteiger partial charge in [-0.2, -0.15) is 0 Å². The fourth-order valence-electron chi connectivity index (χ4n) is 7.08. The number of aliphatic hydroxyl groups is 3. The molecule has 3 aliphatic carbocycles. The number of allylic oxidation sites excluding steroid dienone is 2. The van der Waals surface area contributed by atoms with Crippen LogP contribution in [0.25, 0.3) is 0 Å². The Hall–Kier alpha value is -0.640. The fraction of sp³-hybridized carbons (Fsp3) is 0.852. The third-order valence-corrected chi connectivity index (χ3v) is 8.86. The van der Waals surface area contributed by atoms with Gasteiger partial charge in [0.25, 0.3) is 0 Å². The van der Waals surface area contributed by atoms with Gasteiger partial charge in [0, 0.05) is 0 Å². The molecular weight excluding hydrogens is 372 g/mol. The maximum absolute atomic E-state index is 10.2. The third kappa shape index (κ3) is 5.40. The summed E-state index contributed by atoms with van der Waals surface area (Å²) in [7, 11) is 0. The molecule has 3 saturated carbocycles. The van der Waals surface area contributed by atoms with E-state index in [0.717, 1.165) is 43.9 Å². The van der Waals surface area contributed by atoms with E-state index >= 15 is 0 Å². The predicted octanol–water partition coefficient (Wildman–Crippen LogP) is 5.78. The van der Waals surface area contributed by atoms with E-state index in [1.165, 1.54) is 38.5 Å². The molecule has 3 fully saturated rings. The molecule has 3 heteroatoms. The van der Waals surface area contributed by atoms with Gasteiger partial charge in [0.2, 0.25) is 0 Å². The molecule has 172 valence electrons. The lowest BCUT2D eigenvalue weighted by Crippen LogP contribution is -2.36. The SMILES string of the molecule is C=C1[C@H](O)CC(C/C=C2\CCC[C@]3(C)[C@@H]([C@@H](C)CCCC(C)(C)O)CC[C@@H]23)C[C@H]1O. The van der Waals surface area contributed by atoms with Crippen LogP contribution in [-0.4, -0.2) is 33.1 Å². The Bertz CT molecular complexity index is 617. The number of aliphatic hydroxyl groups excluding tert-OH is 2. The summed E-state index contributed by atoms with van der Waals surface area (Å²) in [5.74, 6) is 2.58. The van der Waals surface area contributed by atoms with Gasteiger partial charge in [-0.05, 0) is 106 Å². The van der Waals surface area contributed by atoms with Crippen molar-refractivity contribution in [1.82, 2.24) is 0 Å². The minimum atomic E-state index is -0.547. The molecule has 30 heavy (non-hydrogen) atoms. The van der Waals surface area contributed by atoms with Crippen LogP contribution in [0.15, 0.2) is 23.8 Å². The van der Waals surface area contributed by atoms with Crippen molar-refractivity contribution in [2.75, 3.05) is 0 Å². The molecule has 0 radical (unpaired) electrons. The highest BCUT2D eigenvalue weighted by Gasteiger charge is 2.50. The summed E-state index contributed by atoms with van der Waals surface area (Å²) in [6.45, 7) is 12.7. The first-order valence-electron chi connectivity index (χ1n) is 12.5. The Labute approximate surface area is 184 Å². The van der Waals surface area contributed by atoms with Crippen molar-refractivity contribution in [1.29, 1.82) is 0 Å². The van der Waals surface area contributed by atoms with E-state index in [4.69, 9.17) is 0 Å². The van der Waals surface area contributed by atoms with E-state index in [0.29, 0.717) is 22.8 Å². The zero-order valence-corrected chi connectivity index (χ0v) is 19.9. The topological polar surface area (TPSA) is 60.7 Å². The van der Waals surface area contributed by atoms with Crippen LogP contribution in [0.4, 0.5) is 0 Å². The Balaban J connectivity index is 1.61. The molecule has 0 bridgehead atoms. The molecule has 0 saturated heterocycles. The van der Waals surface area contributed by atoms with Gasteiger partial charge in [-0.25, -0.2) is 0 Å². The Morgan fingerprint density at radius 3 is 2.50 bits per heavy atom. The van der Waals surface area contributed by atoms with Gasteiger partial charge >= 0.3 is 0 Å². The zero-order valence-electron chi connectivity index (χ0n) is 19.9. The third-order valence-electron chi connectivity index (χ3n) is 8.86. The Kier molecular flexibility index (Phi) is 7.58. The van der Waals surface area contributed by atoms with Crippen LogP contribution in [0.2, 0.25) is 0 Å². The molecule has 0 heterocycles. The summed E-state index contributed by atoms with van der Waals surface area (Å²) in [4.78, 5) is 0. The molecule has 0 spiro atoms. The first kappa shape index (κ1) is 24.0. The van der Waals surface area contributed by atoms with Crippen LogP contribution >= 0.6 is 0 Å². The molecule has 0 aromatic rings. The lowest BCUT2D eigenvalue weighted by Gasteiger charge is -2.44. The van der Waals surface area contributed by atoms with E-state index in [-0.39, 0.29) is 0 Å². The van der Waals surface area contributed by atoms with Gasteiger partial charge in [0.05, 0.1) is 17.8 Å². The molecule has 6 atom stereocenters. The van der Waals surface area contributed by atoms with E-state index < -0.39 is 17.8 Å². The average molecular weight is 419 g/mol. The second kappa shape index (κ2) is 9.46. The van der Waals surface area contributed by atoms with Gasteiger partial charge in [-0.3, -0.25) is 0 Å². The van der Waals surface area contributed by atoms with Crippen LogP contribution in [0, 0.1) is 29.1 Å². The predicted molar refractivity (Wildman–Crippen MR) is 124 cm³/mol. The van der Waals surface area contributed by atoms with Crippen molar-refractivity contribution in [3.63, 3.8) is 0 Å². The van der Waals surface area contributed by atoms with Crippen molar-refractivity contribution in [3.05, 3.63) is 23.8 Å². The van der Waals surface area contributed by atoms with E-state index in [2.05, 4.69) is 26.5 Å². The van der Waals surface area contributed by atoms with Crippen LogP contribution in [0.1, 0.15) is 98.3 Å². The first-order chi connectivity index (χ1) is 14.0. The minimum absolute atomic E-state index is 0.360. The highest BCUT2D eigenvalue weighted by Crippen LogP contribution is 2.60. The molecule has 0 aromatic heterocycles. The Morgan fingerprint density at radius 2 is 1.87 bits per heavy atom. The monoisotopic (exact) mass is 418 g/mol. The van der Waals surface area contributed by atoms with Gasteiger partial charge in [-0.15, -0.1) is 0 Å². The summed E-state index contributed by atoms with van der Waals surface area (Å²) in [6, 6.07) is 0. The smallest absolute Gasteiger partial charge is 0.0775 e. The average Bonchev–Trinajstić information content (AvgIpc) is 3.00. The quantitative estimate of drug-likeness (QED) is 0.459. The molecule has 0 aromatic carbocycles. The minimum Gasteiger partial charge on any atom is -0.390 e. The second-order valence-electron chi connectivity index (χ2n) is 11.7. The van der Waals surface area contributed by atoms with Gasteiger partial charge in [0.15, 0.2) is 0 Å². The highest BCUT2D eigenvalue weighted by atomic mass is 16.3. The summed E-state index contributed by atoms with van der Waals surface area (Å²) in [5, 5.41) is 30.4. The molecule has 0 unspecified atom stereocenters. The van der Waals surface area contributed by atoms with Gasteiger partial charge in [-0.1, -0.05) is 44.9 Å². The number of hydrogen-bond donors (Lipinski definition) is 3. The van der Waals surface area contributed by atoms with Crippen molar-refractivity contribution in [2.45, 2.75) is 116 Å². The molecule has 0 aliphatic heterocycles. The van der Waals surface area contributed by atoms with Crippen LogP contribution in [0.3, 0.4) is 0 Å². The van der Waals surface area contributed by atoms with Gasteiger partial charge < -0.3 is 15.3 Å². The van der Waals surface area contributed by atoms with E-state index in [1.54, 1.807) is 5.57 Å². The van der Waals surface area contributed by atoms with E-state index in [9.17, 15) is 15.3 Å². The normalized spacial score (nSPS) is 39.9. The molecule has 3 nitrogen and oxygen atoms in total. The van der Waals surface area contributed by atoms with Crippen LogP contribution < -0.4 is 0 Å². The lowest BCUT2D eigenvalue weighted by molar-refractivity contribution is 0.0593. The fourth-order valence-corrected chi connectivity index (χ4v) is 7.08. The molecule has 3 N–H and O–H groups in total. The Morgan fingerprint density at radius 1 is 1.20 bits per heavy atom. The van der Waals surface area contributed by atoms with Crippen LogP contribution in [-0.2, 0) is 0 Å². The van der Waals surface area contributed by atoms with Crippen molar-refractivity contribution >= 4 is 0 Å². The zero-order chi connectivity index (χ0) is 22.1. The molecular formula is C27H46O3. The number of fused-ring (bicyclic) bond motifs is 1. The lowest BCUT2D eigenvalue weighted by atomic mass is 9.60. The molecule has 0 amide bonds. The van der Waals surface area contributed by atoms with Crippen molar-refractivity contribution in [2.24, 2.45) is 29.1 Å². The second-order valence-corrected chi connectivity index (χ2v) is 11.7. The van der Waals surface area contributed by atoms with Gasteiger partial charge in [0.1, 0.15) is 0 Å². The first-order valence-corrected chi connectivity index (χ1v) is 12.5. The molecule has 3 rings (SSSR count). The largest absolute Gasteiger partial charge is 0.390 e. The van der Waals surface area contributed by atoms with Crippen LogP contribution in [0.5, 0.6) is 0 Å². The summed E-state index contributed by atoms with van der Waals surface area (Å²) in [5.41, 5.74) is 2.12. The number of hydrogen-bond acceptors (Lipinski definition) is 3. The standard InChI is InChI=1S/C27H46O3/c1-18(8-6-14-26(3,4)30)22-12-13-23-21(9-7-15-27(22,23)5)11-10-20-16-24(28)19(2)25(29)17-20/h11,18,20,22-25,28-30H,2,6-10,12-17H2,1,3-5H3/b21-11+/t18-,22+,23-,24+,25+,27+/m0/s1. The van der Waals surface area contributed by atoms with E-state index in [1.807, 2.05) is 13.8 Å². The summed E-state index contributed by atoms with van der Waals surface area (Å²) >= 11 is 0. The maximum Gasteiger partial charge on any atom is 0.0775 e. The summed E-state index contributed by atoms with van der Waals surface area (Å²) in [6.07, 6.45) is 13.6. The van der Waals surface area contributed by atoms with Crippen molar-refractivity contribution < 1.29 is 15.3 Å².